The Morgan fingerprint density at radius 2 is 1.78 bits per heavy atom. The van der Waals surface area contributed by atoms with Gasteiger partial charge in [0.05, 0.1) is 38.7 Å². The monoisotopic (exact) mass is 262 g/mol. The maximum Gasteiger partial charge on any atom is 0.514 e. The Labute approximate surface area is 110 Å². The van der Waals surface area contributed by atoms with E-state index in [0.717, 1.165) is 15.8 Å². The highest BCUT2D eigenvalue weighted by molar-refractivity contribution is 7.16. The fourth-order valence-corrected chi connectivity index (χ4v) is 2.56. The average molecular weight is 262 g/mol. The van der Waals surface area contributed by atoms with Gasteiger partial charge in [0.2, 0.25) is 0 Å². The maximum absolute atomic E-state index is 5.98. The Kier molecular flexibility index (Phi) is 2.52. The highest BCUT2D eigenvalue weighted by Crippen LogP contribution is 2.36. The molecule has 0 atom stereocenters. The molecule has 1 fully saturated rings. The fraction of sp³-hybridized carbons (Fsp3) is 0.500. The standard InChI is InChI=1S/C12H15BN2O2S/c1-11(2)12(3,4)17-13(16-11)10-5-9-8(6-14-10)15-7-18-9/h5-7H,1-4H3. The molecule has 0 spiro atoms. The molecule has 0 unspecified atom stereocenters. The first-order valence-electron chi connectivity index (χ1n) is 5.94. The van der Waals surface area contributed by atoms with Crippen LogP contribution in [0.1, 0.15) is 27.7 Å². The third kappa shape index (κ3) is 1.76. The molecule has 94 valence electrons. The van der Waals surface area contributed by atoms with E-state index in [2.05, 4.69) is 9.97 Å². The van der Waals surface area contributed by atoms with Gasteiger partial charge in [-0.05, 0) is 33.8 Å². The largest absolute Gasteiger partial charge is 0.514 e. The lowest BCUT2D eigenvalue weighted by atomic mass is 9.84. The van der Waals surface area contributed by atoms with Crippen LogP contribution in [0.4, 0.5) is 0 Å². The van der Waals surface area contributed by atoms with E-state index >= 15 is 0 Å². The van der Waals surface area contributed by atoms with Gasteiger partial charge >= 0.3 is 7.12 Å². The second-order valence-electron chi connectivity index (χ2n) is 5.52. The summed E-state index contributed by atoms with van der Waals surface area (Å²) in [7, 11) is -0.401. The van der Waals surface area contributed by atoms with Gasteiger partial charge in [-0.3, -0.25) is 4.98 Å². The van der Waals surface area contributed by atoms with Crippen molar-refractivity contribution in [3.05, 3.63) is 17.8 Å². The van der Waals surface area contributed by atoms with E-state index in [4.69, 9.17) is 9.31 Å². The zero-order valence-corrected chi connectivity index (χ0v) is 11.7. The quantitative estimate of drug-likeness (QED) is 0.737. The normalized spacial score (nSPS) is 21.7. The molecule has 0 bridgehead atoms. The molecule has 0 N–H and O–H groups in total. The van der Waals surface area contributed by atoms with Gasteiger partial charge in [-0.1, -0.05) is 0 Å². The van der Waals surface area contributed by atoms with E-state index in [-0.39, 0.29) is 11.2 Å². The molecule has 1 aliphatic heterocycles. The predicted molar refractivity (Wildman–Crippen MR) is 73.1 cm³/mol. The number of rotatable bonds is 1. The average Bonchev–Trinajstić information content (AvgIpc) is 2.80. The fourth-order valence-electron chi connectivity index (χ4n) is 1.87. The smallest absolute Gasteiger partial charge is 0.398 e. The number of thiazole rings is 1. The molecule has 0 saturated carbocycles. The van der Waals surface area contributed by atoms with Crippen LogP contribution < -0.4 is 5.59 Å². The van der Waals surface area contributed by atoms with Crippen LogP contribution >= 0.6 is 11.3 Å². The number of pyridine rings is 1. The van der Waals surface area contributed by atoms with Crippen LogP contribution in [0, 0.1) is 0 Å². The summed E-state index contributed by atoms with van der Waals surface area (Å²) in [5.74, 6) is 0. The van der Waals surface area contributed by atoms with Crippen molar-refractivity contribution in [1.29, 1.82) is 0 Å². The number of nitrogens with zero attached hydrogens (tertiary/aromatic N) is 2. The SMILES string of the molecule is CC1(C)OB(c2cc3scnc3cn2)OC1(C)C. The molecule has 1 aliphatic rings. The van der Waals surface area contributed by atoms with Gasteiger partial charge < -0.3 is 9.31 Å². The van der Waals surface area contributed by atoms with Crippen molar-refractivity contribution in [3.8, 4) is 0 Å². The summed E-state index contributed by atoms with van der Waals surface area (Å²) >= 11 is 1.60. The van der Waals surface area contributed by atoms with Crippen LogP contribution in [0.15, 0.2) is 17.8 Å². The van der Waals surface area contributed by atoms with Gasteiger partial charge in [0, 0.05) is 0 Å². The van der Waals surface area contributed by atoms with Gasteiger partial charge in [0.15, 0.2) is 0 Å². The number of fused-ring (bicyclic) bond motifs is 1. The Morgan fingerprint density at radius 3 is 2.44 bits per heavy atom. The van der Waals surface area contributed by atoms with Gasteiger partial charge in [-0.15, -0.1) is 11.3 Å². The molecular weight excluding hydrogens is 247 g/mol. The number of hydrogen-bond acceptors (Lipinski definition) is 5. The highest BCUT2D eigenvalue weighted by Gasteiger charge is 2.52. The summed E-state index contributed by atoms with van der Waals surface area (Å²) in [6.45, 7) is 8.16. The molecule has 3 rings (SSSR count). The van der Waals surface area contributed by atoms with E-state index in [1.807, 2.05) is 39.3 Å². The van der Waals surface area contributed by atoms with E-state index in [1.165, 1.54) is 0 Å². The lowest BCUT2D eigenvalue weighted by Crippen LogP contribution is -2.41. The van der Waals surface area contributed by atoms with Crippen molar-refractivity contribution in [1.82, 2.24) is 9.97 Å². The minimum absolute atomic E-state index is 0.331. The Morgan fingerprint density at radius 1 is 1.11 bits per heavy atom. The molecule has 0 radical (unpaired) electrons. The van der Waals surface area contributed by atoms with E-state index < -0.39 is 7.12 Å². The molecule has 2 aromatic rings. The highest BCUT2D eigenvalue weighted by atomic mass is 32.1. The third-order valence-corrected chi connectivity index (χ3v) is 4.53. The lowest BCUT2D eigenvalue weighted by molar-refractivity contribution is 0.00578. The minimum Gasteiger partial charge on any atom is -0.398 e. The van der Waals surface area contributed by atoms with Crippen LogP contribution in [0.2, 0.25) is 0 Å². The van der Waals surface area contributed by atoms with E-state index in [0.29, 0.717) is 0 Å². The summed E-state index contributed by atoms with van der Waals surface area (Å²) in [4.78, 5) is 8.60. The van der Waals surface area contributed by atoms with Crippen LogP contribution in [-0.4, -0.2) is 28.3 Å². The van der Waals surface area contributed by atoms with Crippen molar-refractivity contribution in [2.75, 3.05) is 0 Å². The van der Waals surface area contributed by atoms with Gasteiger partial charge in [-0.25, -0.2) is 4.98 Å². The second-order valence-corrected chi connectivity index (χ2v) is 6.40. The molecule has 0 aliphatic carbocycles. The predicted octanol–water partition coefficient (Wildman–Crippen LogP) is 1.99. The van der Waals surface area contributed by atoms with Crippen molar-refractivity contribution in [2.24, 2.45) is 0 Å². The first-order chi connectivity index (χ1) is 8.39. The summed E-state index contributed by atoms with van der Waals surface area (Å²) in [6.07, 6.45) is 1.77. The van der Waals surface area contributed by atoms with Crippen LogP contribution in [0.3, 0.4) is 0 Å². The van der Waals surface area contributed by atoms with Crippen LogP contribution in [-0.2, 0) is 9.31 Å². The Balaban J connectivity index is 1.96. The Hall–Kier alpha value is -0.975. The summed E-state index contributed by atoms with van der Waals surface area (Å²) in [5.41, 5.74) is 2.88. The van der Waals surface area contributed by atoms with Crippen LogP contribution in [0.5, 0.6) is 0 Å². The van der Waals surface area contributed by atoms with Crippen LogP contribution in [0.25, 0.3) is 10.2 Å². The van der Waals surface area contributed by atoms with Crippen molar-refractivity contribution in [2.45, 2.75) is 38.9 Å². The molecule has 0 aromatic carbocycles. The third-order valence-electron chi connectivity index (χ3n) is 3.73. The zero-order valence-electron chi connectivity index (χ0n) is 10.9. The first-order valence-corrected chi connectivity index (χ1v) is 6.82. The van der Waals surface area contributed by atoms with Crippen molar-refractivity contribution >= 4 is 34.3 Å². The zero-order chi connectivity index (χ0) is 13.0. The summed E-state index contributed by atoms with van der Waals surface area (Å²) in [5, 5.41) is 0. The topological polar surface area (TPSA) is 44.2 Å². The molecule has 3 heterocycles. The maximum atomic E-state index is 5.98. The summed E-state index contributed by atoms with van der Waals surface area (Å²) < 4.78 is 13.1. The molecule has 18 heavy (non-hydrogen) atoms. The summed E-state index contributed by atoms with van der Waals surface area (Å²) in [6, 6.07) is 2.00. The molecule has 6 heteroatoms. The first kappa shape index (κ1) is 12.1. The second kappa shape index (κ2) is 3.76. The van der Waals surface area contributed by atoms with E-state index in [9.17, 15) is 0 Å². The van der Waals surface area contributed by atoms with Crippen molar-refractivity contribution in [3.63, 3.8) is 0 Å². The molecule has 4 nitrogen and oxygen atoms in total. The minimum atomic E-state index is -0.401. The van der Waals surface area contributed by atoms with Gasteiger partial charge in [-0.2, -0.15) is 0 Å². The van der Waals surface area contributed by atoms with Crippen molar-refractivity contribution < 1.29 is 9.31 Å². The number of aromatic nitrogens is 2. The molecule has 1 saturated heterocycles. The van der Waals surface area contributed by atoms with E-state index in [1.54, 1.807) is 17.5 Å². The number of hydrogen-bond donors (Lipinski definition) is 0. The molecule has 2 aromatic heterocycles. The lowest BCUT2D eigenvalue weighted by Gasteiger charge is -2.32. The van der Waals surface area contributed by atoms with Gasteiger partial charge in [0.25, 0.3) is 0 Å². The molecule has 0 amide bonds. The Bertz CT molecular complexity index is 581. The molecular formula is C12H15BN2O2S. The van der Waals surface area contributed by atoms with Gasteiger partial charge in [0.1, 0.15) is 0 Å².